The maximum Gasteiger partial charge on any atom is 0.260 e. The minimum absolute atomic E-state index is 0.0124. The van der Waals surface area contributed by atoms with Gasteiger partial charge in [-0.3, -0.25) is 4.79 Å². The number of benzene rings is 2. The van der Waals surface area contributed by atoms with Gasteiger partial charge in [0.1, 0.15) is 18.1 Å². The molecule has 1 aliphatic rings. The van der Waals surface area contributed by atoms with E-state index in [1.54, 1.807) is 4.90 Å². The van der Waals surface area contributed by atoms with Crippen LogP contribution in [0, 0.1) is 12.8 Å². The molecule has 148 valence electrons. The highest BCUT2D eigenvalue weighted by atomic mass is 32.1. The van der Waals surface area contributed by atoms with Crippen LogP contribution in [-0.4, -0.2) is 35.7 Å². The third-order valence-electron chi connectivity index (χ3n) is 5.04. The van der Waals surface area contributed by atoms with Gasteiger partial charge in [-0.2, -0.15) is 0 Å². The number of hydrogen-bond donors (Lipinski definition) is 1. The summed E-state index contributed by atoms with van der Waals surface area (Å²) in [7, 11) is 0. The third kappa shape index (κ3) is 4.62. The smallest absolute Gasteiger partial charge is 0.260 e. The fourth-order valence-corrected chi connectivity index (χ4v) is 3.54. The molecular formula is C22H26N2O3S. The van der Waals surface area contributed by atoms with E-state index < -0.39 is 0 Å². The Bertz CT molecular complexity index is 851. The van der Waals surface area contributed by atoms with Crippen LogP contribution >= 0.6 is 12.2 Å². The maximum absolute atomic E-state index is 12.7. The van der Waals surface area contributed by atoms with Crippen LogP contribution in [0.5, 0.6) is 11.5 Å². The summed E-state index contributed by atoms with van der Waals surface area (Å²) in [6.07, 6.45) is 1.77. The molecule has 0 aliphatic carbocycles. The highest BCUT2D eigenvalue weighted by Gasteiger charge is 2.26. The minimum atomic E-state index is -0.0124. The van der Waals surface area contributed by atoms with E-state index in [1.807, 2.05) is 49.4 Å². The molecule has 2 aromatic rings. The van der Waals surface area contributed by atoms with Crippen molar-refractivity contribution >= 4 is 23.1 Å². The van der Waals surface area contributed by atoms with Gasteiger partial charge >= 0.3 is 0 Å². The molecule has 5 nitrogen and oxygen atoms in total. The van der Waals surface area contributed by atoms with Crippen molar-refractivity contribution in [3.8, 4) is 11.5 Å². The van der Waals surface area contributed by atoms with Crippen LogP contribution in [0.25, 0.3) is 0 Å². The lowest BCUT2D eigenvalue weighted by Gasteiger charge is -2.29. The standard InChI is InChI=1S/C22H26N2O3S/c1-3-17(21(23)28)13-16-7-9-18(10-8-16)26-12-11-24-14-27-19-6-4-5-15(2)20(19)22(24)25/h4-10,17H,3,11-14H2,1-2H3,(H2,23,28). The highest BCUT2D eigenvalue weighted by Crippen LogP contribution is 2.27. The van der Waals surface area contributed by atoms with Gasteiger partial charge in [0.2, 0.25) is 0 Å². The van der Waals surface area contributed by atoms with Crippen molar-refractivity contribution in [3.05, 3.63) is 59.2 Å². The van der Waals surface area contributed by atoms with E-state index in [1.165, 1.54) is 5.56 Å². The molecule has 2 aromatic carbocycles. The molecule has 2 N–H and O–H groups in total. The quantitative estimate of drug-likeness (QED) is 0.687. The summed E-state index contributed by atoms with van der Waals surface area (Å²) in [5.41, 5.74) is 8.52. The topological polar surface area (TPSA) is 64.8 Å². The molecule has 1 heterocycles. The molecule has 0 bridgehead atoms. The molecule has 0 saturated heterocycles. The largest absolute Gasteiger partial charge is 0.492 e. The molecule has 0 saturated carbocycles. The molecular weight excluding hydrogens is 372 g/mol. The zero-order chi connectivity index (χ0) is 20.1. The lowest BCUT2D eigenvalue weighted by Crippen LogP contribution is -2.41. The average Bonchev–Trinajstić information content (AvgIpc) is 2.68. The number of amides is 1. The van der Waals surface area contributed by atoms with E-state index in [-0.39, 0.29) is 18.6 Å². The van der Waals surface area contributed by atoms with Gasteiger partial charge in [-0.1, -0.05) is 43.4 Å². The average molecular weight is 399 g/mol. The zero-order valence-electron chi connectivity index (χ0n) is 16.3. The van der Waals surface area contributed by atoms with E-state index in [0.29, 0.717) is 29.5 Å². The predicted octanol–water partition coefficient (Wildman–Crippen LogP) is 3.72. The summed E-state index contributed by atoms with van der Waals surface area (Å²) in [6.45, 7) is 5.12. The number of rotatable bonds is 8. The number of ether oxygens (including phenoxy) is 2. The normalized spacial score (nSPS) is 14.2. The first-order valence-electron chi connectivity index (χ1n) is 9.52. The third-order valence-corrected chi connectivity index (χ3v) is 5.38. The lowest BCUT2D eigenvalue weighted by molar-refractivity contribution is 0.0480. The summed E-state index contributed by atoms with van der Waals surface area (Å²) in [5.74, 6) is 1.63. The number of fused-ring (bicyclic) bond motifs is 1. The van der Waals surface area contributed by atoms with E-state index >= 15 is 0 Å². The van der Waals surface area contributed by atoms with Crippen LogP contribution < -0.4 is 15.2 Å². The molecule has 1 aliphatic heterocycles. The summed E-state index contributed by atoms with van der Waals surface area (Å²) in [5, 5.41) is 0. The molecule has 0 aromatic heterocycles. The summed E-state index contributed by atoms with van der Waals surface area (Å²) >= 11 is 5.11. The second kappa shape index (κ2) is 9.06. The van der Waals surface area contributed by atoms with Gasteiger partial charge in [0.25, 0.3) is 5.91 Å². The summed E-state index contributed by atoms with van der Waals surface area (Å²) in [6, 6.07) is 13.6. The Morgan fingerprint density at radius 2 is 2.04 bits per heavy atom. The number of aryl methyl sites for hydroxylation is 1. The monoisotopic (exact) mass is 398 g/mol. The summed E-state index contributed by atoms with van der Waals surface area (Å²) < 4.78 is 11.5. The van der Waals surface area contributed by atoms with Crippen molar-refractivity contribution in [2.45, 2.75) is 26.7 Å². The Kier molecular flexibility index (Phi) is 6.52. The van der Waals surface area contributed by atoms with Crippen molar-refractivity contribution in [3.63, 3.8) is 0 Å². The van der Waals surface area contributed by atoms with Crippen LogP contribution in [0.1, 0.15) is 34.8 Å². The lowest BCUT2D eigenvalue weighted by atomic mass is 9.97. The number of carbonyl (C=O) groups excluding carboxylic acids is 1. The molecule has 28 heavy (non-hydrogen) atoms. The second-order valence-electron chi connectivity index (χ2n) is 6.99. The molecule has 1 amide bonds. The first kappa shape index (κ1) is 20.1. The number of thiocarbonyl (C=S) groups is 1. The van der Waals surface area contributed by atoms with E-state index in [2.05, 4.69) is 6.92 Å². The fraction of sp³-hybridized carbons (Fsp3) is 0.364. The molecule has 0 spiro atoms. The van der Waals surface area contributed by atoms with Crippen molar-refractivity contribution in [2.24, 2.45) is 11.7 Å². The van der Waals surface area contributed by atoms with Crippen molar-refractivity contribution in [1.29, 1.82) is 0 Å². The SMILES string of the molecule is CCC(Cc1ccc(OCCN2COc3cccc(C)c3C2=O)cc1)C(N)=S. The number of hydrogen-bond acceptors (Lipinski definition) is 4. The fourth-order valence-electron chi connectivity index (χ4n) is 3.29. The Hall–Kier alpha value is -2.60. The van der Waals surface area contributed by atoms with Crippen LogP contribution in [0.4, 0.5) is 0 Å². The van der Waals surface area contributed by atoms with Gasteiger partial charge in [-0.25, -0.2) is 0 Å². The van der Waals surface area contributed by atoms with Crippen LogP contribution in [-0.2, 0) is 6.42 Å². The molecule has 1 atom stereocenters. The van der Waals surface area contributed by atoms with Crippen molar-refractivity contribution in [2.75, 3.05) is 19.9 Å². The van der Waals surface area contributed by atoms with Gasteiger partial charge < -0.3 is 20.1 Å². The van der Waals surface area contributed by atoms with Crippen LogP contribution in [0.15, 0.2) is 42.5 Å². The Morgan fingerprint density at radius 3 is 2.71 bits per heavy atom. The minimum Gasteiger partial charge on any atom is -0.492 e. The second-order valence-corrected chi connectivity index (χ2v) is 7.47. The van der Waals surface area contributed by atoms with Crippen LogP contribution in [0.3, 0.4) is 0 Å². The molecule has 0 fully saturated rings. The highest BCUT2D eigenvalue weighted by molar-refractivity contribution is 7.80. The zero-order valence-corrected chi connectivity index (χ0v) is 17.1. The van der Waals surface area contributed by atoms with E-state index in [4.69, 9.17) is 27.4 Å². The number of carbonyl (C=O) groups is 1. The van der Waals surface area contributed by atoms with Crippen molar-refractivity contribution in [1.82, 2.24) is 4.90 Å². The number of nitrogens with zero attached hydrogens (tertiary/aromatic N) is 1. The molecule has 6 heteroatoms. The van der Waals surface area contributed by atoms with Crippen LogP contribution in [0.2, 0.25) is 0 Å². The molecule has 3 rings (SSSR count). The first-order valence-corrected chi connectivity index (χ1v) is 9.93. The first-order chi connectivity index (χ1) is 13.5. The van der Waals surface area contributed by atoms with Gasteiger partial charge in [-0.05, 0) is 49.1 Å². The van der Waals surface area contributed by atoms with Gasteiger partial charge in [0.15, 0.2) is 6.73 Å². The van der Waals surface area contributed by atoms with E-state index in [0.717, 1.165) is 24.2 Å². The molecule has 0 radical (unpaired) electrons. The van der Waals surface area contributed by atoms with Gasteiger partial charge in [0.05, 0.1) is 17.1 Å². The maximum atomic E-state index is 12.7. The van der Waals surface area contributed by atoms with Gasteiger partial charge in [-0.15, -0.1) is 0 Å². The summed E-state index contributed by atoms with van der Waals surface area (Å²) in [4.78, 5) is 14.9. The Morgan fingerprint density at radius 1 is 1.29 bits per heavy atom. The molecule has 1 unspecified atom stereocenters. The number of nitrogens with two attached hydrogens (primary N) is 1. The predicted molar refractivity (Wildman–Crippen MR) is 114 cm³/mol. The van der Waals surface area contributed by atoms with Crippen molar-refractivity contribution < 1.29 is 14.3 Å². The Labute approximate surface area is 171 Å². The van der Waals surface area contributed by atoms with Gasteiger partial charge in [0, 0.05) is 5.92 Å². The van der Waals surface area contributed by atoms with E-state index in [9.17, 15) is 4.79 Å². The Balaban J connectivity index is 1.52.